The van der Waals surface area contributed by atoms with Crippen LogP contribution in [0.1, 0.15) is 20.9 Å². The van der Waals surface area contributed by atoms with Gasteiger partial charge in [-0.15, -0.1) is 11.3 Å². The summed E-state index contributed by atoms with van der Waals surface area (Å²) in [5.74, 6) is -0.228. The quantitative estimate of drug-likeness (QED) is 0.881. The van der Waals surface area contributed by atoms with E-state index < -0.39 is 0 Å². The molecule has 84 valence electrons. The van der Waals surface area contributed by atoms with Gasteiger partial charge in [-0.3, -0.25) is 4.79 Å². The number of anilines is 1. The molecule has 0 radical (unpaired) electrons. The van der Waals surface area contributed by atoms with E-state index in [9.17, 15) is 4.79 Å². The molecular weight excluding hydrogens is 234 g/mol. The van der Waals surface area contributed by atoms with E-state index in [1.807, 2.05) is 13.0 Å². The normalized spacial score (nSPS) is 9.65. The Morgan fingerprint density at radius 1 is 1.41 bits per heavy atom. The van der Waals surface area contributed by atoms with Crippen LogP contribution in [0.3, 0.4) is 0 Å². The summed E-state index contributed by atoms with van der Waals surface area (Å²) in [6.07, 6.45) is 0. The Hall–Kier alpha value is -2.19. The first-order valence-electron chi connectivity index (χ1n) is 4.92. The van der Waals surface area contributed by atoms with E-state index in [0.29, 0.717) is 16.9 Å². The second-order valence-corrected chi connectivity index (χ2v) is 4.46. The average Bonchev–Trinajstić information content (AvgIpc) is 2.76. The third-order valence-electron chi connectivity index (χ3n) is 2.23. The van der Waals surface area contributed by atoms with E-state index in [1.165, 1.54) is 11.3 Å². The maximum Gasteiger partial charge on any atom is 0.275 e. The molecule has 0 saturated carbocycles. The maximum atomic E-state index is 11.8. The Morgan fingerprint density at radius 3 is 2.65 bits per heavy atom. The molecule has 1 heterocycles. The molecule has 0 bridgehead atoms. The summed E-state index contributed by atoms with van der Waals surface area (Å²) < 4.78 is 0. The molecule has 0 aliphatic heterocycles. The molecule has 4 nitrogen and oxygen atoms in total. The Labute approximate surface area is 103 Å². The van der Waals surface area contributed by atoms with Gasteiger partial charge in [-0.05, 0) is 31.2 Å². The SMILES string of the molecule is Cc1scnc1C(=O)Nc1ccc(C#N)cc1. The first kappa shape index (κ1) is 11.3. The van der Waals surface area contributed by atoms with Gasteiger partial charge in [-0.1, -0.05) is 0 Å². The molecule has 2 rings (SSSR count). The molecule has 0 unspecified atom stereocenters. The van der Waals surface area contributed by atoms with E-state index in [2.05, 4.69) is 10.3 Å². The van der Waals surface area contributed by atoms with Gasteiger partial charge >= 0.3 is 0 Å². The van der Waals surface area contributed by atoms with Crippen LogP contribution in [-0.4, -0.2) is 10.9 Å². The Balaban J connectivity index is 2.14. The van der Waals surface area contributed by atoms with Gasteiger partial charge in [-0.2, -0.15) is 5.26 Å². The number of hydrogen-bond acceptors (Lipinski definition) is 4. The zero-order valence-electron chi connectivity index (χ0n) is 9.10. The highest BCUT2D eigenvalue weighted by molar-refractivity contribution is 7.09. The molecule has 1 aromatic carbocycles. The van der Waals surface area contributed by atoms with Gasteiger partial charge in [0.2, 0.25) is 0 Å². The number of nitrogens with one attached hydrogen (secondary N) is 1. The number of nitrogens with zero attached hydrogens (tertiary/aromatic N) is 2. The molecule has 0 fully saturated rings. The van der Waals surface area contributed by atoms with Gasteiger partial charge in [-0.25, -0.2) is 4.98 Å². The van der Waals surface area contributed by atoms with Gasteiger partial charge in [0, 0.05) is 10.6 Å². The van der Waals surface area contributed by atoms with Crippen LogP contribution in [0.5, 0.6) is 0 Å². The summed E-state index contributed by atoms with van der Waals surface area (Å²) in [4.78, 5) is 16.7. The number of hydrogen-bond donors (Lipinski definition) is 1. The monoisotopic (exact) mass is 243 g/mol. The van der Waals surface area contributed by atoms with Crippen LogP contribution >= 0.6 is 11.3 Å². The predicted octanol–water partition coefficient (Wildman–Crippen LogP) is 2.58. The van der Waals surface area contributed by atoms with Crippen LogP contribution in [0.2, 0.25) is 0 Å². The summed E-state index contributed by atoms with van der Waals surface area (Å²) in [6, 6.07) is 8.72. The fraction of sp³-hybridized carbons (Fsp3) is 0.0833. The lowest BCUT2D eigenvalue weighted by Gasteiger charge is -2.03. The van der Waals surface area contributed by atoms with Crippen LogP contribution in [0, 0.1) is 18.3 Å². The first-order valence-corrected chi connectivity index (χ1v) is 5.80. The van der Waals surface area contributed by atoms with Crippen LogP contribution in [-0.2, 0) is 0 Å². The summed E-state index contributed by atoms with van der Waals surface area (Å²) in [5.41, 5.74) is 3.30. The van der Waals surface area contributed by atoms with Crippen molar-refractivity contribution in [1.82, 2.24) is 4.98 Å². The minimum atomic E-state index is -0.228. The van der Waals surface area contributed by atoms with Gasteiger partial charge in [0.05, 0.1) is 17.1 Å². The number of aromatic nitrogens is 1. The summed E-state index contributed by atoms with van der Waals surface area (Å²) in [7, 11) is 0. The highest BCUT2D eigenvalue weighted by Gasteiger charge is 2.11. The molecule has 0 saturated heterocycles. The number of aryl methyl sites for hydroxylation is 1. The predicted molar refractivity (Wildman–Crippen MR) is 66.0 cm³/mol. The molecule has 0 aliphatic carbocycles. The molecule has 1 N–H and O–H groups in total. The lowest BCUT2D eigenvalue weighted by atomic mass is 10.2. The van der Waals surface area contributed by atoms with Gasteiger partial charge in [0.1, 0.15) is 5.69 Å². The molecule has 2 aromatic rings. The van der Waals surface area contributed by atoms with E-state index in [1.54, 1.807) is 29.8 Å². The Morgan fingerprint density at radius 2 is 2.12 bits per heavy atom. The molecule has 0 spiro atoms. The number of amides is 1. The van der Waals surface area contributed by atoms with Crippen LogP contribution in [0.15, 0.2) is 29.8 Å². The zero-order valence-corrected chi connectivity index (χ0v) is 9.91. The van der Waals surface area contributed by atoms with E-state index in [0.717, 1.165) is 4.88 Å². The maximum absolute atomic E-state index is 11.8. The van der Waals surface area contributed by atoms with Crippen LogP contribution < -0.4 is 5.32 Å². The van der Waals surface area contributed by atoms with E-state index >= 15 is 0 Å². The summed E-state index contributed by atoms with van der Waals surface area (Å²) >= 11 is 1.43. The second-order valence-electron chi connectivity index (χ2n) is 3.40. The summed E-state index contributed by atoms with van der Waals surface area (Å²) in [6.45, 7) is 1.85. The van der Waals surface area contributed by atoms with Crippen molar-refractivity contribution in [1.29, 1.82) is 5.26 Å². The third-order valence-corrected chi connectivity index (χ3v) is 2.99. The molecular formula is C12H9N3OS. The number of nitriles is 1. The molecule has 1 amide bonds. The molecule has 5 heteroatoms. The lowest BCUT2D eigenvalue weighted by Crippen LogP contribution is -2.13. The van der Waals surface area contributed by atoms with Gasteiger partial charge in [0.25, 0.3) is 5.91 Å². The molecule has 0 aliphatic rings. The van der Waals surface area contributed by atoms with Crippen molar-refractivity contribution in [3.63, 3.8) is 0 Å². The number of carbonyl (C=O) groups excluding carboxylic acids is 1. The standard InChI is InChI=1S/C12H9N3OS/c1-8-11(14-7-17-8)12(16)15-10-4-2-9(6-13)3-5-10/h2-5,7H,1H3,(H,15,16). The Bertz CT molecular complexity index is 581. The summed E-state index contributed by atoms with van der Waals surface area (Å²) in [5, 5.41) is 11.4. The largest absolute Gasteiger partial charge is 0.321 e. The van der Waals surface area contributed by atoms with Crippen molar-refractivity contribution in [2.75, 3.05) is 5.32 Å². The lowest BCUT2D eigenvalue weighted by molar-refractivity contribution is 0.102. The van der Waals surface area contributed by atoms with Crippen molar-refractivity contribution in [2.24, 2.45) is 0 Å². The van der Waals surface area contributed by atoms with Crippen molar-refractivity contribution in [3.05, 3.63) is 45.9 Å². The smallest absolute Gasteiger partial charge is 0.275 e. The van der Waals surface area contributed by atoms with Crippen LogP contribution in [0.25, 0.3) is 0 Å². The highest BCUT2D eigenvalue weighted by atomic mass is 32.1. The fourth-order valence-corrected chi connectivity index (χ4v) is 1.91. The van der Waals surface area contributed by atoms with E-state index in [-0.39, 0.29) is 5.91 Å². The molecule has 0 atom stereocenters. The Kier molecular flexibility index (Phi) is 3.17. The number of benzene rings is 1. The number of thiazole rings is 1. The first-order chi connectivity index (χ1) is 8.20. The highest BCUT2D eigenvalue weighted by Crippen LogP contribution is 2.14. The fourth-order valence-electron chi connectivity index (χ4n) is 1.34. The number of rotatable bonds is 2. The molecule has 17 heavy (non-hydrogen) atoms. The minimum absolute atomic E-state index is 0.228. The van der Waals surface area contributed by atoms with Crippen LogP contribution in [0.4, 0.5) is 5.69 Å². The minimum Gasteiger partial charge on any atom is -0.321 e. The van der Waals surface area contributed by atoms with Gasteiger partial charge in [0.15, 0.2) is 0 Å². The zero-order chi connectivity index (χ0) is 12.3. The second kappa shape index (κ2) is 4.76. The van der Waals surface area contributed by atoms with Gasteiger partial charge < -0.3 is 5.32 Å². The topological polar surface area (TPSA) is 65.8 Å². The van der Waals surface area contributed by atoms with Crippen molar-refractivity contribution >= 4 is 22.9 Å². The number of carbonyl (C=O) groups is 1. The van der Waals surface area contributed by atoms with Crippen molar-refractivity contribution in [3.8, 4) is 6.07 Å². The third kappa shape index (κ3) is 2.49. The molecule has 1 aromatic heterocycles. The van der Waals surface area contributed by atoms with Crippen molar-refractivity contribution < 1.29 is 4.79 Å². The average molecular weight is 243 g/mol. The van der Waals surface area contributed by atoms with Crippen molar-refractivity contribution in [2.45, 2.75) is 6.92 Å². The van der Waals surface area contributed by atoms with E-state index in [4.69, 9.17) is 5.26 Å².